The highest BCUT2D eigenvalue weighted by molar-refractivity contribution is 7.81. The second-order valence-electron chi connectivity index (χ2n) is 3.80. The Hall–Kier alpha value is -1.19. The number of thiazole rings is 1. The van der Waals surface area contributed by atoms with Crippen molar-refractivity contribution in [3.05, 3.63) is 6.20 Å². The molecule has 2 rings (SSSR count). The van der Waals surface area contributed by atoms with Gasteiger partial charge >= 0.3 is 5.97 Å². The summed E-state index contributed by atoms with van der Waals surface area (Å²) in [6.07, 6.45) is 2.23. The number of nitrogen functional groups attached to an aromatic ring is 1. The van der Waals surface area contributed by atoms with Gasteiger partial charge in [0.2, 0.25) is 0 Å². The predicted molar refractivity (Wildman–Crippen MR) is 66.5 cm³/mol. The second-order valence-corrected chi connectivity index (χ2v) is 5.64. The minimum Gasteiger partial charge on any atom is -0.755 e. The Morgan fingerprint density at radius 1 is 1.78 bits per heavy atom. The maximum atomic E-state index is 11.9. The van der Waals surface area contributed by atoms with Gasteiger partial charge in [-0.3, -0.25) is 8.51 Å². The number of rotatable bonds is 5. The normalized spacial score (nSPS) is 18.1. The maximum absolute atomic E-state index is 11.9. The van der Waals surface area contributed by atoms with Crippen LogP contribution < -0.4 is 10.0 Å². The molecule has 7 nitrogen and oxygen atoms in total. The highest BCUT2D eigenvalue weighted by Gasteiger charge is 2.57. The fourth-order valence-electron chi connectivity index (χ4n) is 1.67. The van der Waals surface area contributed by atoms with Crippen LogP contribution in [0.5, 0.6) is 0 Å². The van der Waals surface area contributed by atoms with E-state index in [1.807, 2.05) is 0 Å². The number of aromatic nitrogens is 1. The van der Waals surface area contributed by atoms with Crippen LogP contribution >= 0.6 is 11.3 Å². The Labute approximate surface area is 110 Å². The summed E-state index contributed by atoms with van der Waals surface area (Å²) < 4.78 is 28.7. The minimum atomic E-state index is -2.57. The third-order valence-corrected chi connectivity index (χ3v) is 4.40. The first-order valence-corrected chi connectivity index (χ1v) is 7.14. The molecule has 2 N–H and O–H groups in total. The molecule has 100 valence electrons. The molecule has 1 aromatic heterocycles. The Morgan fingerprint density at radius 2 is 2.44 bits per heavy atom. The summed E-state index contributed by atoms with van der Waals surface area (Å²) in [4.78, 5) is 15.7. The fourth-order valence-corrected chi connectivity index (χ4v) is 3.39. The van der Waals surface area contributed by atoms with Gasteiger partial charge in [-0.15, -0.1) is 0 Å². The Bertz CT molecular complexity index is 486. The van der Waals surface area contributed by atoms with Crippen molar-refractivity contribution in [2.45, 2.75) is 25.3 Å². The van der Waals surface area contributed by atoms with E-state index in [-0.39, 0.29) is 11.7 Å². The summed E-state index contributed by atoms with van der Waals surface area (Å²) in [5, 5.41) is 0.575. The monoisotopic (exact) mass is 290 g/mol. The quantitative estimate of drug-likeness (QED) is 0.622. The lowest BCUT2D eigenvalue weighted by Gasteiger charge is -2.31. The average Bonchev–Trinajstić information content (AvgIpc) is 2.97. The van der Waals surface area contributed by atoms with E-state index in [1.165, 1.54) is 6.20 Å². The average molecular weight is 290 g/mol. The third kappa shape index (κ3) is 2.20. The largest absolute Gasteiger partial charge is 0.755 e. The van der Waals surface area contributed by atoms with Crippen LogP contribution in [-0.4, -0.2) is 31.9 Å². The second kappa shape index (κ2) is 4.82. The first kappa shape index (κ1) is 13.2. The number of carbonyl (C=O) groups is 1. The van der Waals surface area contributed by atoms with Crippen LogP contribution in [0.1, 0.15) is 19.8 Å². The van der Waals surface area contributed by atoms with Crippen LogP contribution in [0, 0.1) is 0 Å². The number of hydrogen-bond donors (Lipinski definition) is 1. The van der Waals surface area contributed by atoms with Crippen molar-refractivity contribution in [2.75, 3.05) is 16.6 Å². The van der Waals surface area contributed by atoms with E-state index in [0.717, 1.165) is 15.6 Å². The van der Waals surface area contributed by atoms with Gasteiger partial charge < -0.3 is 15.0 Å². The smallest absolute Gasteiger partial charge is 0.333 e. The van der Waals surface area contributed by atoms with Crippen molar-refractivity contribution in [1.29, 1.82) is 0 Å². The zero-order chi connectivity index (χ0) is 13.3. The molecule has 1 aliphatic carbocycles. The van der Waals surface area contributed by atoms with E-state index in [9.17, 15) is 13.6 Å². The Balaban J connectivity index is 2.32. The van der Waals surface area contributed by atoms with Crippen LogP contribution in [0.4, 0.5) is 10.1 Å². The molecular formula is C9H12N3O4S2-. The van der Waals surface area contributed by atoms with Crippen molar-refractivity contribution in [3.63, 3.8) is 0 Å². The van der Waals surface area contributed by atoms with E-state index in [0.29, 0.717) is 17.8 Å². The number of ether oxygens (including phenoxy) is 1. The summed E-state index contributed by atoms with van der Waals surface area (Å²) in [6, 6.07) is 0. The number of esters is 1. The summed E-state index contributed by atoms with van der Waals surface area (Å²) in [6.45, 7) is 1.89. The van der Waals surface area contributed by atoms with Gasteiger partial charge in [0.15, 0.2) is 10.7 Å². The molecule has 1 unspecified atom stereocenters. The Kier molecular flexibility index (Phi) is 3.55. The topological polar surface area (TPSA) is 109 Å². The lowest BCUT2D eigenvalue weighted by atomic mass is 10.3. The van der Waals surface area contributed by atoms with E-state index in [1.54, 1.807) is 6.92 Å². The van der Waals surface area contributed by atoms with E-state index < -0.39 is 22.8 Å². The van der Waals surface area contributed by atoms with Crippen molar-refractivity contribution in [2.24, 2.45) is 0 Å². The lowest BCUT2D eigenvalue weighted by molar-refractivity contribution is -0.145. The van der Waals surface area contributed by atoms with Crippen molar-refractivity contribution in [1.82, 2.24) is 4.98 Å². The number of nitrogens with zero attached hydrogens (tertiary/aromatic N) is 2. The molecule has 1 atom stereocenters. The molecule has 0 bridgehead atoms. The summed E-state index contributed by atoms with van der Waals surface area (Å²) >= 11 is -1.56. The van der Waals surface area contributed by atoms with Gasteiger partial charge in [-0.05, 0) is 19.8 Å². The highest BCUT2D eigenvalue weighted by atomic mass is 32.2. The van der Waals surface area contributed by atoms with Gasteiger partial charge in [0.1, 0.15) is 5.00 Å². The molecule has 0 amide bonds. The SMILES string of the molecule is CCOC(=O)C1(N(c2cnc(N)s2)S(=O)[O-])CC1. The molecule has 0 spiro atoms. The molecule has 0 aliphatic heterocycles. The van der Waals surface area contributed by atoms with Gasteiger partial charge in [-0.1, -0.05) is 11.3 Å². The van der Waals surface area contributed by atoms with Gasteiger partial charge in [0, 0.05) is 11.3 Å². The molecule has 1 saturated carbocycles. The van der Waals surface area contributed by atoms with Gasteiger partial charge in [0.25, 0.3) is 0 Å². The molecular weight excluding hydrogens is 278 g/mol. The molecule has 18 heavy (non-hydrogen) atoms. The van der Waals surface area contributed by atoms with Gasteiger partial charge in [-0.25, -0.2) is 9.78 Å². The maximum Gasteiger partial charge on any atom is 0.333 e. The number of hydrogen-bond acceptors (Lipinski definition) is 7. The molecule has 9 heteroatoms. The molecule has 1 aromatic rings. The number of anilines is 2. The van der Waals surface area contributed by atoms with Crippen LogP contribution in [0.15, 0.2) is 6.20 Å². The van der Waals surface area contributed by atoms with Crippen LogP contribution in [0.25, 0.3) is 0 Å². The first-order chi connectivity index (χ1) is 8.51. The molecule has 1 heterocycles. The zero-order valence-corrected chi connectivity index (χ0v) is 11.3. The van der Waals surface area contributed by atoms with Crippen molar-refractivity contribution in [3.8, 4) is 0 Å². The minimum absolute atomic E-state index is 0.213. The standard InChI is InChI=1S/C9H13N3O4S2/c1-2-16-7(13)9(3-4-9)12(18(14)15)6-5-11-8(10)17-6/h5H,2-4H2,1H3,(H2,10,11)(H,14,15)/p-1. The van der Waals surface area contributed by atoms with Crippen LogP contribution in [0.3, 0.4) is 0 Å². The van der Waals surface area contributed by atoms with Crippen molar-refractivity contribution < 1.29 is 18.3 Å². The molecule has 0 radical (unpaired) electrons. The highest BCUT2D eigenvalue weighted by Crippen LogP contribution is 2.47. The summed E-state index contributed by atoms with van der Waals surface area (Å²) in [5.41, 5.74) is 4.37. The predicted octanol–water partition coefficient (Wildman–Crippen LogP) is 0.422. The third-order valence-electron chi connectivity index (χ3n) is 2.63. The molecule has 1 aliphatic rings. The number of nitrogens with two attached hydrogens (primary N) is 1. The van der Waals surface area contributed by atoms with E-state index in [4.69, 9.17) is 10.5 Å². The van der Waals surface area contributed by atoms with Crippen LogP contribution in [-0.2, 0) is 20.8 Å². The van der Waals surface area contributed by atoms with E-state index >= 15 is 0 Å². The summed E-state index contributed by atoms with van der Waals surface area (Å²) in [7, 11) is 0. The van der Waals surface area contributed by atoms with Gasteiger partial charge in [-0.2, -0.15) is 0 Å². The van der Waals surface area contributed by atoms with Crippen LogP contribution in [0.2, 0.25) is 0 Å². The fraction of sp³-hybridized carbons (Fsp3) is 0.556. The lowest BCUT2D eigenvalue weighted by Crippen LogP contribution is -2.45. The van der Waals surface area contributed by atoms with Crippen molar-refractivity contribution >= 4 is 38.7 Å². The molecule has 1 fully saturated rings. The van der Waals surface area contributed by atoms with E-state index in [2.05, 4.69) is 4.98 Å². The first-order valence-electron chi connectivity index (χ1n) is 5.29. The summed E-state index contributed by atoms with van der Waals surface area (Å²) in [5.74, 6) is -0.527. The number of carbonyl (C=O) groups excluding carboxylic acids is 1. The zero-order valence-electron chi connectivity index (χ0n) is 9.62. The molecule has 0 aromatic carbocycles. The molecule has 0 saturated heterocycles. The Morgan fingerprint density at radius 3 is 2.83 bits per heavy atom. The van der Waals surface area contributed by atoms with Gasteiger partial charge in [0.05, 0.1) is 12.8 Å².